The van der Waals surface area contributed by atoms with E-state index in [1.807, 2.05) is 0 Å². The highest BCUT2D eigenvalue weighted by molar-refractivity contribution is 5.85. The predicted molar refractivity (Wildman–Crippen MR) is 59.3 cm³/mol. The van der Waals surface area contributed by atoms with Gasteiger partial charge in [0.1, 0.15) is 5.75 Å². The first-order valence-electron chi connectivity index (χ1n) is 4.17. The number of aromatic hydroxyl groups is 1. The van der Waals surface area contributed by atoms with Gasteiger partial charge in [0.2, 0.25) is 0 Å². The highest BCUT2D eigenvalue weighted by Crippen LogP contribution is 2.34. The maximum absolute atomic E-state index is 10.6. The maximum atomic E-state index is 10.6. The molecule has 5 nitrogen and oxygen atoms in total. The minimum Gasteiger partial charge on any atom is -0.507 e. The minimum absolute atomic E-state index is 0. The van der Waals surface area contributed by atoms with E-state index in [-0.39, 0.29) is 29.4 Å². The molecule has 0 aromatic heterocycles. The summed E-state index contributed by atoms with van der Waals surface area (Å²) in [6.07, 6.45) is 0. The van der Waals surface area contributed by atoms with Gasteiger partial charge in [0.15, 0.2) is 0 Å². The van der Waals surface area contributed by atoms with E-state index in [1.54, 1.807) is 13.8 Å². The van der Waals surface area contributed by atoms with E-state index in [1.165, 1.54) is 12.1 Å². The van der Waals surface area contributed by atoms with Gasteiger partial charge in [-0.3, -0.25) is 10.1 Å². The molecule has 0 aliphatic heterocycles. The van der Waals surface area contributed by atoms with E-state index in [4.69, 9.17) is 5.73 Å². The zero-order valence-electron chi connectivity index (χ0n) is 8.43. The molecule has 1 aromatic carbocycles. The number of phenols is 1. The lowest BCUT2D eigenvalue weighted by Gasteiger charge is -2.10. The van der Waals surface area contributed by atoms with Gasteiger partial charge in [-0.2, -0.15) is 0 Å². The number of halogens is 1. The Morgan fingerprint density at radius 3 is 2.47 bits per heavy atom. The highest BCUT2D eigenvalue weighted by atomic mass is 35.5. The largest absolute Gasteiger partial charge is 0.507 e. The Labute approximate surface area is 93.5 Å². The number of hydrogen-bond donors (Lipinski definition) is 2. The molecule has 1 atom stereocenters. The van der Waals surface area contributed by atoms with Crippen LogP contribution in [0.4, 0.5) is 5.69 Å². The van der Waals surface area contributed by atoms with E-state index in [0.717, 1.165) is 0 Å². The van der Waals surface area contributed by atoms with E-state index in [2.05, 4.69) is 0 Å². The summed E-state index contributed by atoms with van der Waals surface area (Å²) in [5, 5.41) is 20.2. The number of benzene rings is 1. The summed E-state index contributed by atoms with van der Waals surface area (Å²) in [6, 6.07) is 2.29. The number of aryl methyl sites for hydroxylation is 1. The smallest absolute Gasteiger partial charge is 0.277 e. The summed E-state index contributed by atoms with van der Waals surface area (Å²) in [5.74, 6) is -0.0887. The van der Waals surface area contributed by atoms with Crippen LogP contribution in [-0.2, 0) is 0 Å². The molecule has 0 saturated heterocycles. The Balaban J connectivity index is 0.00000196. The van der Waals surface area contributed by atoms with Crippen molar-refractivity contribution >= 4 is 18.1 Å². The van der Waals surface area contributed by atoms with E-state index in [9.17, 15) is 15.2 Å². The van der Waals surface area contributed by atoms with Gasteiger partial charge in [-0.1, -0.05) is 0 Å². The first-order valence-corrected chi connectivity index (χ1v) is 4.17. The summed E-state index contributed by atoms with van der Waals surface area (Å²) < 4.78 is 0. The average Bonchev–Trinajstić information content (AvgIpc) is 2.08. The Morgan fingerprint density at radius 1 is 1.53 bits per heavy atom. The molecule has 0 unspecified atom stereocenters. The molecule has 84 valence electrons. The van der Waals surface area contributed by atoms with Crippen molar-refractivity contribution in [3.8, 4) is 5.75 Å². The molecule has 0 bridgehead atoms. The normalized spacial score (nSPS) is 11.7. The van der Waals surface area contributed by atoms with Crippen molar-refractivity contribution in [3.63, 3.8) is 0 Å². The first-order chi connectivity index (χ1) is 6.45. The van der Waals surface area contributed by atoms with E-state index in [0.29, 0.717) is 5.56 Å². The van der Waals surface area contributed by atoms with Crippen LogP contribution in [0.5, 0.6) is 5.75 Å². The molecule has 1 aromatic rings. The second-order valence-electron chi connectivity index (χ2n) is 3.21. The van der Waals surface area contributed by atoms with Crippen LogP contribution in [0.15, 0.2) is 12.1 Å². The fourth-order valence-electron chi connectivity index (χ4n) is 1.31. The van der Waals surface area contributed by atoms with Crippen molar-refractivity contribution in [1.29, 1.82) is 0 Å². The number of nitrogens with two attached hydrogens (primary N) is 1. The summed E-state index contributed by atoms with van der Waals surface area (Å²) in [4.78, 5) is 10.1. The van der Waals surface area contributed by atoms with Crippen LogP contribution in [0.1, 0.15) is 24.1 Å². The SMILES string of the molecule is Cc1ccc([N+](=O)[O-])c([C@H](C)N)c1O.Cl. The van der Waals surface area contributed by atoms with Gasteiger partial charge >= 0.3 is 0 Å². The van der Waals surface area contributed by atoms with Gasteiger partial charge in [0.05, 0.1) is 10.5 Å². The average molecular weight is 233 g/mol. The number of nitro benzene ring substituents is 1. The van der Waals surface area contributed by atoms with Gasteiger partial charge in [-0.15, -0.1) is 12.4 Å². The van der Waals surface area contributed by atoms with Crippen molar-refractivity contribution in [2.75, 3.05) is 0 Å². The monoisotopic (exact) mass is 232 g/mol. The number of hydrogen-bond acceptors (Lipinski definition) is 4. The Hall–Kier alpha value is -1.33. The molecule has 0 spiro atoms. The standard InChI is InChI=1S/C9H12N2O3.ClH/c1-5-3-4-7(11(13)14)8(6(2)10)9(5)12;/h3-4,6,12H,10H2,1-2H3;1H/t6-;/m0./s1. The molecule has 0 amide bonds. The summed E-state index contributed by atoms with van der Waals surface area (Å²) in [6.45, 7) is 3.27. The molecule has 0 heterocycles. The number of rotatable bonds is 2. The van der Waals surface area contributed by atoms with Gasteiger partial charge in [0, 0.05) is 12.1 Å². The molecule has 15 heavy (non-hydrogen) atoms. The lowest BCUT2D eigenvalue weighted by Crippen LogP contribution is -2.09. The third kappa shape index (κ3) is 2.57. The molecule has 0 radical (unpaired) electrons. The Kier molecular flexibility index (Phi) is 4.51. The van der Waals surface area contributed by atoms with Crippen LogP contribution in [0.3, 0.4) is 0 Å². The number of nitrogens with zero attached hydrogens (tertiary/aromatic N) is 1. The van der Waals surface area contributed by atoms with Crippen LogP contribution in [0.25, 0.3) is 0 Å². The van der Waals surface area contributed by atoms with Gasteiger partial charge in [-0.25, -0.2) is 0 Å². The fraction of sp³-hybridized carbons (Fsp3) is 0.333. The lowest BCUT2D eigenvalue weighted by atomic mass is 10.0. The van der Waals surface area contributed by atoms with Gasteiger partial charge in [-0.05, 0) is 25.5 Å². The number of nitro groups is 1. The predicted octanol–water partition coefficient (Wildman–Crippen LogP) is 2.05. The molecule has 6 heteroatoms. The van der Waals surface area contributed by atoms with Crippen LogP contribution in [0, 0.1) is 17.0 Å². The summed E-state index contributed by atoms with van der Waals surface area (Å²) in [7, 11) is 0. The topological polar surface area (TPSA) is 89.4 Å². The molecule has 3 N–H and O–H groups in total. The van der Waals surface area contributed by atoms with Crippen molar-refractivity contribution in [3.05, 3.63) is 33.4 Å². The number of phenolic OH excluding ortho intramolecular Hbond substituents is 1. The molecule has 0 fully saturated rings. The molecular weight excluding hydrogens is 220 g/mol. The van der Waals surface area contributed by atoms with Crippen molar-refractivity contribution in [1.82, 2.24) is 0 Å². The third-order valence-corrected chi connectivity index (χ3v) is 2.05. The summed E-state index contributed by atoms with van der Waals surface area (Å²) in [5.41, 5.74) is 6.20. The minimum atomic E-state index is -0.560. The lowest BCUT2D eigenvalue weighted by molar-refractivity contribution is -0.385. The molecule has 0 aliphatic carbocycles. The zero-order chi connectivity index (χ0) is 10.9. The van der Waals surface area contributed by atoms with Crippen molar-refractivity contribution in [2.45, 2.75) is 19.9 Å². The maximum Gasteiger partial charge on any atom is 0.277 e. The van der Waals surface area contributed by atoms with Gasteiger partial charge < -0.3 is 10.8 Å². The third-order valence-electron chi connectivity index (χ3n) is 2.05. The van der Waals surface area contributed by atoms with Gasteiger partial charge in [0.25, 0.3) is 5.69 Å². The van der Waals surface area contributed by atoms with Crippen molar-refractivity contribution in [2.24, 2.45) is 5.73 Å². The fourth-order valence-corrected chi connectivity index (χ4v) is 1.31. The second kappa shape index (κ2) is 4.95. The van der Waals surface area contributed by atoms with Crippen molar-refractivity contribution < 1.29 is 10.0 Å². The highest BCUT2D eigenvalue weighted by Gasteiger charge is 2.21. The van der Waals surface area contributed by atoms with E-state index < -0.39 is 11.0 Å². The molecular formula is C9H13ClN2O3. The summed E-state index contributed by atoms with van der Waals surface area (Å²) >= 11 is 0. The Bertz CT molecular complexity index is 380. The molecule has 0 saturated carbocycles. The molecule has 1 rings (SSSR count). The zero-order valence-corrected chi connectivity index (χ0v) is 9.25. The van der Waals surface area contributed by atoms with Crippen LogP contribution in [-0.4, -0.2) is 10.0 Å². The van der Waals surface area contributed by atoms with Crippen LogP contribution < -0.4 is 5.73 Å². The molecule has 0 aliphatic rings. The quantitative estimate of drug-likeness (QED) is 0.603. The van der Waals surface area contributed by atoms with E-state index >= 15 is 0 Å². The van der Waals surface area contributed by atoms with Crippen LogP contribution >= 0.6 is 12.4 Å². The first kappa shape index (κ1) is 13.7. The Morgan fingerprint density at radius 2 is 2.07 bits per heavy atom. The second-order valence-corrected chi connectivity index (χ2v) is 3.21. The van der Waals surface area contributed by atoms with Crippen LogP contribution in [0.2, 0.25) is 0 Å².